The van der Waals surface area contributed by atoms with E-state index in [1.165, 1.54) is 7.11 Å². The number of esters is 1. The van der Waals surface area contributed by atoms with Crippen LogP contribution in [0.5, 0.6) is 0 Å². The molecule has 4 nitrogen and oxygen atoms in total. The molecule has 0 saturated carbocycles. The van der Waals surface area contributed by atoms with E-state index >= 15 is 0 Å². The third-order valence-electron chi connectivity index (χ3n) is 2.75. The molecule has 0 atom stereocenters. The summed E-state index contributed by atoms with van der Waals surface area (Å²) in [5.74, 6) is -0.272. The molecule has 98 valence electrons. The van der Waals surface area contributed by atoms with Crippen molar-refractivity contribution in [2.75, 3.05) is 20.7 Å². The van der Waals surface area contributed by atoms with Crippen LogP contribution in [0.1, 0.15) is 28.8 Å². The minimum absolute atomic E-state index is 0.0279. The number of aryl methyl sites for hydroxylation is 1. The van der Waals surface area contributed by atoms with Crippen LogP contribution < -0.4 is 0 Å². The van der Waals surface area contributed by atoms with Crippen LogP contribution in [-0.2, 0) is 9.53 Å². The molecule has 0 fully saturated rings. The molecule has 0 saturated heterocycles. The van der Waals surface area contributed by atoms with Gasteiger partial charge in [-0.1, -0.05) is 17.7 Å². The molecule has 1 amide bonds. The fourth-order valence-electron chi connectivity index (χ4n) is 1.58. The molecule has 0 aliphatic carbocycles. The number of benzene rings is 1. The smallest absolute Gasteiger partial charge is 0.305 e. The Bertz CT molecular complexity index is 412. The van der Waals surface area contributed by atoms with Crippen LogP contribution >= 0.6 is 0 Å². The molecule has 0 aliphatic heterocycles. The van der Waals surface area contributed by atoms with Crippen molar-refractivity contribution < 1.29 is 14.3 Å². The van der Waals surface area contributed by atoms with E-state index < -0.39 is 0 Å². The van der Waals surface area contributed by atoms with Crippen molar-refractivity contribution in [3.63, 3.8) is 0 Å². The SMILES string of the molecule is COC(=O)CCCN(C)C(=O)c1ccc(C)cc1. The minimum Gasteiger partial charge on any atom is -0.469 e. The molecule has 0 bridgehead atoms. The summed E-state index contributed by atoms with van der Waals surface area (Å²) in [5.41, 5.74) is 1.79. The largest absolute Gasteiger partial charge is 0.469 e. The Balaban J connectivity index is 2.46. The van der Waals surface area contributed by atoms with Crippen molar-refractivity contribution in [2.45, 2.75) is 19.8 Å². The molecular formula is C14H19NO3. The first-order chi connectivity index (χ1) is 8.54. The Morgan fingerprint density at radius 2 is 1.83 bits per heavy atom. The summed E-state index contributed by atoms with van der Waals surface area (Å²) in [6.45, 7) is 2.52. The third kappa shape index (κ3) is 4.20. The van der Waals surface area contributed by atoms with Crippen molar-refractivity contribution in [3.8, 4) is 0 Å². The first kappa shape index (κ1) is 14.2. The van der Waals surface area contributed by atoms with Gasteiger partial charge >= 0.3 is 5.97 Å². The van der Waals surface area contributed by atoms with Crippen molar-refractivity contribution >= 4 is 11.9 Å². The van der Waals surface area contributed by atoms with E-state index in [-0.39, 0.29) is 11.9 Å². The lowest BCUT2D eigenvalue weighted by Gasteiger charge is -2.16. The Morgan fingerprint density at radius 3 is 2.39 bits per heavy atom. The standard InChI is InChI=1S/C14H19NO3/c1-11-6-8-12(9-7-11)14(17)15(2)10-4-5-13(16)18-3/h6-9H,4-5,10H2,1-3H3. The van der Waals surface area contributed by atoms with Gasteiger partial charge in [0, 0.05) is 25.6 Å². The van der Waals surface area contributed by atoms with Gasteiger partial charge in [-0.3, -0.25) is 9.59 Å². The van der Waals surface area contributed by atoms with Crippen LogP contribution in [0.3, 0.4) is 0 Å². The maximum atomic E-state index is 12.0. The molecule has 0 N–H and O–H groups in total. The summed E-state index contributed by atoms with van der Waals surface area (Å²) in [5, 5.41) is 0. The maximum absolute atomic E-state index is 12.0. The predicted octanol–water partition coefficient (Wildman–Crippen LogP) is 2.02. The number of amides is 1. The molecule has 1 rings (SSSR count). The lowest BCUT2D eigenvalue weighted by Crippen LogP contribution is -2.28. The molecule has 1 aromatic carbocycles. The predicted molar refractivity (Wildman–Crippen MR) is 69.4 cm³/mol. The lowest BCUT2D eigenvalue weighted by atomic mass is 10.1. The summed E-state index contributed by atoms with van der Waals surface area (Å²) >= 11 is 0. The molecule has 1 aromatic rings. The summed E-state index contributed by atoms with van der Waals surface area (Å²) in [6, 6.07) is 7.45. The molecule has 0 aliphatic rings. The summed E-state index contributed by atoms with van der Waals surface area (Å²) < 4.78 is 4.55. The van der Waals surface area contributed by atoms with Crippen molar-refractivity contribution in [3.05, 3.63) is 35.4 Å². The molecule has 0 spiro atoms. The monoisotopic (exact) mass is 249 g/mol. The second kappa shape index (κ2) is 6.79. The van der Waals surface area contributed by atoms with Crippen LogP contribution in [-0.4, -0.2) is 37.5 Å². The Morgan fingerprint density at radius 1 is 1.22 bits per heavy atom. The maximum Gasteiger partial charge on any atom is 0.305 e. The topological polar surface area (TPSA) is 46.6 Å². The van der Waals surface area contributed by atoms with Gasteiger partial charge in [0.05, 0.1) is 7.11 Å². The Hall–Kier alpha value is -1.84. The summed E-state index contributed by atoms with van der Waals surface area (Å²) in [6.07, 6.45) is 0.947. The zero-order valence-corrected chi connectivity index (χ0v) is 11.1. The fraction of sp³-hybridized carbons (Fsp3) is 0.429. The van der Waals surface area contributed by atoms with Gasteiger partial charge in [-0.05, 0) is 25.5 Å². The van der Waals surface area contributed by atoms with E-state index in [0.717, 1.165) is 5.56 Å². The molecule has 0 radical (unpaired) electrons. The van der Waals surface area contributed by atoms with Gasteiger partial charge < -0.3 is 9.64 Å². The van der Waals surface area contributed by atoms with E-state index in [0.29, 0.717) is 24.9 Å². The van der Waals surface area contributed by atoms with Crippen LogP contribution in [0.25, 0.3) is 0 Å². The lowest BCUT2D eigenvalue weighted by molar-refractivity contribution is -0.140. The number of methoxy groups -OCH3 is 1. The zero-order chi connectivity index (χ0) is 13.5. The van der Waals surface area contributed by atoms with Crippen molar-refractivity contribution in [1.82, 2.24) is 4.90 Å². The molecular weight excluding hydrogens is 230 g/mol. The van der Waals surface area contributed by atoms with Gasteiger partial charge in [-0.15, -0.1) is 0 Å². The highest BCUT2D eigenvalue weighted by atomic mass is 16.5. The first-order valence-corrected chi connectivity index (χ1v) is 5.93. The van der Waals surface area contributed by atoms with E-state index in [1.54, 1.807) is 11.9 Å². The number of carbonyl (C=O) groups excluding carboxylic acids is 2. The first-order valence-electron chi connectivity index (χ1n) is 5.93. The van der Waals surface area contributed by atoms with Gasteiger partial charge in [0.15, 0.2) is 0 Å². The van der Waals surface area contributed by atoms with E-state index in [1.807, 2.05) is 31.2 Å². The highest BCUT2D eigenvalue weighted by molar-refractivity contribution is 5.94. The second-order valence-electron chi connectivity index (χ2n) is 4.27. The molecule has 0 unspecified atom stereocenters. The number of hydrogen-bond acceptors (Lipinski definition) is 3. The van der Waals surface area contributed by atoms with Crippen LogP contribution in [0.2, 0.25) is 0 Å². The molecule has 0 heterocycles. The third-order valence-corrected chi connectivity index (χ3v) is 2.75. The quantitative estimate of drug-likeness (QED) is 0.750. The Labute approximate surface area is 108 Å². The number of ether oxygens (including phenoxy) is 1. The van der Waals surface area contributed by atoms with E-state index in [4.69, 9.17) is 0 Å². The average Bonchev–Trinajstić information content (AvgIpc) is 2.38. The number of hydrogen-bond donors (Lipinski definition) is 0. The van der Waals surface area contributed by atoms with E-state index in [9.17, 15) is 9.59 Å². The normalized spacial score (nSPS) is 9.94. The van der Waals surface area contributed by atoms with Gasteiger partial charge in [0.1, 0.15) is 0 Å². The van der Waals surface area contributed by atoms with Crippen LogP contribution in [0.15, 0.2) is 24.3 Å². The average molecular weight is 249 g/mol. The molecule has 18 heavy (non-hydrogen) atoms. The number of rotatable bonds is 5. The van der Waals surface area contributed by atoms with Crippen LogP contribution in [0.4, 0.5) is 0 Å². The molecule has 0 aromatic heterocycles. The Kier molecular flexibility index (Phi) is 5.36. The minimum atomic E-state index is -0.244. The molecule has 4 heteroatoms. The highest BCUT2D eigenvalue weighted by Crippen LogP contribution is 2.07. The van der Waals surface area contributed by atoms with E-state index in [2.05, 4.69) is 4.74 Å². The number of nitrogens with zero attached hydrogens (tertiary/aromatic N) is 1. The van der Waals surface area contributed by atoms with Gasteiger partial charge in [0.25, 0.3) is 5.91 Å². The van der Waals surface area contributed by atoms with Crippen molar-refractivity contribution in [2.24, 2.45) is 0 Å². The second-order valence-corrected chi connectivity index (χ2v) is 4.27. The zero-order valence-electron chi connectivity index (χ0n) is 11.1. The summed E-state index contributed by atoms with van der Waals surface area (Å²) in [4.78, 5) is 24.6. The van der Waals surface area contributed by atoms with Gasteiger partial charge in [-0.2, -0.15) is 0 Å². The van der Waals surface area contributed by atoms with Gasteiger partial charge in [0.2, 0.25) is 0 Å². The fourth-order valence-corrected chi connectivity index (χ4v) is 1.58. The van der Waals surface area contributed by atoms with Crippen molar-refractivity contribution in [1.29, 1.82) is 0 Å². The highest BCUT2D eigenvalue weighted by Gasteiger charge is 2.11. The van der Waals surface area contributed by atoms with Crippen LogP contribution in [0, 0.1) is 6.92 Å². The number of carbonyl (C=O) groups is 2. The van der Waals surface area contributed by atoms with Gasteiger partial charge in [-0.25, -0.2) is 0 Å². The summed E-state index contributed by atoms with van der Waals surface area (Å²) in [7, 11) is 3.10.